The Hall–Kier alpha value is -2.20. The highest BCUT2D eigenvalue weighted by Crippen LogP contribution is 2.46. The minimum Gasteiger partial charge on any atom is -0.388 e. The van der Waals surface area contributed by atoms with Crippen LogP contribution < -0.4 is 5.32 Å². The Bertz CT molecular complexity index is 674. The molecule has 2 N–H and O–H groups in total. The fourth-order valence-corrected chi connectivity index (χ4v) is 2.91. The van der Waals surface area contributed by atoms with E-state index in [1.807, 2.05) is 18.2 Å². The maximum atomic E-state index is 13.1. The molecule has 0 aromatic heterocycles. The van der Waals surface area contributed by atoms with Gasteiger partial charge in [0.2, 0.25) is 5.91 Å². The van der Waals surface area contributed by atoms with Crippen molar-refractivity contribution in [3.8, 4) is 0 Å². The van der Waals surface area contributed by atoms with Gasteiger partial charge in [-0.2, -0.15) is 0 Å². The van der Waals surface area contributed by atoms with E-state index in [1.54, 1.807) is 6.07 Å². The van der Waals surface area contributed by atoms with Gasteiger partial charge in [-0.25, -0.2) is 4.39 Å². The Morgan fingerprint density at radius 2 is 2.00 bits per heavy atom. The first-order chi connectivity index (χ1) is 11.1. The van der Waals surface area contributed by atoms with Crippen LogP contribution >= 0.6 is 0 Å². The lowest BCUT2D eigenvalue weighted by molar-refractivity contribution is -0.123. The number of aliphatic hydroxyl groups excluding tert-OH is 1. The number of aliphatic hydroxyl groups is 1. The van der Waals surface area contributed by atoms with Crippen LogP contribution in [0, 0.1) is 11.7 Å². The Labute approximate surface area is 135 Å². The Morgan fingerprint density at radius 3 is 2.74 bits per heavy atom. The van der Waals surface area contributed by atoms with E-state index in [0.717, 1.165) is 6.42 Å². The lowest BCUT2D eigenvalue weighted by Gasteiger charge is -2.11. The molecule has 120 valence electrons. The van der Waals surface area contributed by atoms with Crippen molar-refractivity contribution in [2.45, 2.75) is 24.9 Å². The first-order valence-electron chi connectivity index (χ1n) is 7.88. The van der Waals surface area contributed by atoms with Crippen molar-refractivity contribution in [2.24, 2.45) is 5.92 Å². The number of nitrogens with one attached hydrogen (secondary N) is 1. The van der Waals surface area contributed by atoms with Gasteiger partial charge in [0, 0.05) is 6.54 Å². The van der Waals surface area contributed by atoms with Gasteiger partial charge in [0.25, 0.3) is 0 Å². The molecule has 0 aliphatic heterocycles. The third-order valence-corrected chi connectivity index (χ3v) is 4.32. The molecule has 3 nitrogen and oxygen atoms in total. The summed E-state index contributed by atoms with van der Waals surface area (Å²) in [4.78, 5) is 11.9. The number of amides is 1. The quantitative estimate of drug-likeness (QED) is 0.860. The van der Waals surface area contributed by atoms with Crippen LogP contribution in [-0.2, 0) is 4.79 Å². The Balaban J connectivity index is 1.44. The van der Waals surface area contributed by atoms with E-state index in [2.05, 4.69) is 17.4 Å². The monoisotopic (exact) mass is 313 g/mol. The first kappa shape index (κ1) is 15.7. The van der Waals surface area contributed by atoms with Crippen molar-refractivity contribution >= 4 is 5.91 Å². The van der Waals surface area contributed by atoms with E-state index < -0.39 is 11.9 Å². The van der Waals surface area contributed by atoms with Crippen molar-refractivity contribution < 1.29 is 14.3 Å². The number of hydrogen-bond acceptors (Lipinski definition) is 2. The van der Waals surface area contributed by atoms with Crippen molar-refractivity contribution in [3.63, 3.8) is 0 Å². The van der Waals surface area contributed by atoms with Gasteiger partial charge in [0.15, 0.2) is 0 Å². The zero-order valence-corrected chi connectivity index (χ0v) is 12.8. The van der Waals surface area contributed by atoms with Gasteiger partial charge >= 0.3 is 0 Å². The van der Waals surface area contributed by atoms with Gasteiger partial charge < -0.3 is 10.4 Å². The number of benzene rings is 2. The average molecular weight is 313 g/mol. The second-order valence-corrected chi connectivity index (χ2v) is 6.09. The van der Waals surface area contributed by atoms with Crippen molar-refractivity contribution in [1.82, 2.24) is 5.32 Å². The molecule has 3 rings (SSSR count). The SMILES string of the molecule is O=C(CC(O)c1cccc(F)c1)NCC1CC1c1ccccc1. The molecule has 1 aliphatic rings. The fraction of sp³-hybridized carbons (Fsp3) is 0.316. The zero-order chi connectivity index (χ0) is 16.2. The normalized spacial score (nSPS) is 20.8. The lowest BCUT2D eigenvalue weighted by atomic mass is 10.1. The summed E-state index contributed by atoms with van der Waals surface area (Å²) in [6.07, 6.45) is 0.0537. The molecule has 0 radical (unpaired) electrons. The summed E-state index contributed by atoms with van der Waals surface area (Å²) in [5.74, 6) is 0.364. The topological polar surface area (TPSA) is 49.3 Å². The molecule has 0 bridgehead atoms. The van der Waals surface area contributed by atoms with Crippen LogP contribution in [0.2, 0.25) is 0 Å². The van der Waals surface area contributed by atoms with Crippen molar-refractivity contribution in [1.29, 1.82) is 0 Å². The molecule has 0 saturated heterocycles. The first-order valence-corrected chi connectivity index (χ1v) is 7.88. The third-order valence-electron chi connectivity index (χ3n) is 4.32. The van der Waals surface area contributed by atoms with Crippen molar-refractivity contribution in [2.75, 3.05) is 6.54 Å². The summed E-state index contributed by atoms with van der Waals surface area (Å²) in [6, 6.07) is 16.0. The number of carbonyl (C=O) groups is 1. The average Bonchev–Trinajstić information content (AvgIpc) is 3.33. The van der Waals surface area contributed by atoms with Gasteiger partial charge in [-0.1, -0.05) is 42.5 Å². The van der Waals surface area contributed by atoms with Gasteiger partial charge in [-0.05, 0) is 41.5 Å². The Morgan fingerprint density at radius 1 is 1.22 bits per heavy atom. The largest absolute Gasteiger partial charge is 0.388 e. The standard InChI is InChI=1S/C19H20FNO2/c20-16-8-4-7-14(9-16)18(22)11-19(23)21-12-15-10-17(15)13-5-2-1-3-6-13/h1-9,15,17-18,22H,10-12H2,(H,21,23). The van der Waals surface area contributed by atoms with Crippen LogP contribution in [-0.4, -0.2) is 17.6 Å². The predicted octanol–water partition coefficient (Wildman–Crippen LogP) is 3.17. The Kier molecular flexibility index (Phi) is 4.72. The molecular weight excluding hydrogens is 293 g/mol. The highest BCUT2D eigenvalue weighted by molar-refractivity contribution is 5.76. The van der Waals surface area contributed by atoms with E-state index in [1.165, 1.54) is 23.8 Å². The maximum absolute atomic E-state index is 13.1. The van der Waals surface area contributed by atoms with E-state index >= 15 is 0 Å². The van der Waals surface area contributed by atoms with Gasteiger partial charge in [0.05, 0.1) is 12.5 Å². The lowest BCUT2D eigenvalue weighted by Crippen LogP contribution is -2.27. The molecule has 1 amide bonds. The van der Waals surface area contributed by atoms with Crippen LogP contribution in [0.1, 0.15) is 36.0 Å². The molecular formula is C19H20FNO2. The minimum absolute atomic E-state index is 0.0494. The minimum atomic E-state index is -0.977. The predicted molar refractivity (Wildman–Crippen MR) is 86.3 cm³/mol. The van der Waals surface area contributed by atoms with Crippen LogP contribution in [0.4, 0.5) is 4.39 Å². The summed E-state index contributed by atoms with van der Waals surface area (Å²) in [5, 5.41) is 12.9. The van der Waals surface area contributed by atoms with Crippen molar-refractivity contribution in [3.05, 3.63) is 71.5 Å². The number of hydrogen-bond donors (Lipinski definition) is 2. The van der Waals surface area contributed by atoms with E-state index in [0.29, 0.717) is 23.9 Å². The second-order valence-electron chi connectivity index (χ2n) is 6.09. The molecule has 1 saturated carbocycles. The van der Waals surface area contributed by atoms with Crippen LogP contribution in [0.15, 0.2) is 54.6 Å². The highest BCUT2D eigenvalue weighted by atomic mass is 19.1. The van der Waals surface area contributed by atoms with E-state index in [4.69, 9.17) is 0 Å². The smallest absolute Gasteiger partial charge is 0.222 e. The molecule has 4 heteroatoms. The summed E-state index contributed by atoms with van der Waals surface area (Å²) in [7, 11) is 0. The summed E-state index contributed by atoms with van der Waals surface area (Å²) in [5.41, 5.74) is 1.74. The summed E-state index contributed by atoms with van der Waals surface area (Å²) >= 11 is 0. The molecule has 1 fully saturated rings. The molecule has 0 spiro atoms. The molecule has 0 heterocycles. The molecule has 2 aromatic carbocycles. The van der Waals surface area contributed by atoms with Gasteiger partial charge in [-0.15, -0.1) is 0 Å². The van der Waals surface area contributed by atoms with Gasteiger partial charge in [-0.3, -0.25) is 4.79 Å². The molecule has 1 aliphatic carbocycles. The van der Waals surface area contributed by atoms with E-state index in [9.17, 15) is 14.3 Å². The second kappa shape index (κ2) is 6.92. The molecule has 3 unspecified atom stereocenters. The van der Waals surface area contributed by atoms with Crippen LogP contribution in [0.5, 0.6) is 0 Å². The summed E-state index contributed by atoms with van der Waals surface area (Å²) in [6.45, 7) is 0.619. The number of rotatable bonds is 6. The number of carbonyl (C=O) groups excluding carboxylic acids is 1. The molecule has 3 atom stereocenters. The third kappa shape index (κ3) is 4.17. The molecule has 23 heavy (non-hydrogen) atoms. The number of halogens is 1. The zero-order valence-electron chi connectivity index (χ0n) is 12.8. The van der Waals surface area contributed by atoms with E-state index in [-0.39, 0.29) is 12.3 Å². The van der Waals surface area contributed by atoms with Crippen LogP contribution in [0.3, 0.4) is 0 Å². The maximum Gasteiger partial charge on any atom is 0.222 e. The van der Waals surface area contributed by atoms with Crippen LogP contribution in [0.25, 0.3) is 0 Å². The highest BCUT2D eigenvalue weighted by Gasteiger charge is 2.38. The molecule has 2 aromatic rings. The van der Waals surface area contributed by atoms with Gasteiger partial charge in [0.1, 0.15) is 5.82 Å². The fourth-order valence-electron chi connectivity index (χ4n) is 2.91. The summed E-state index contributed by atoms with van der Waals surface area (Å²) < 4.78 is 13.1.